The zero-order valence-electron chi connectivity index (χ0n) is 10.2. The van der Waals surface area contributed by atoms with Crippen LogP contribution in [-0.4, -0.2) is 30.8 Å². The van der Waals surface area contributed by atoms with E-state index >= 15 is 0 Å². The van der Waals surface area contributed by atoms with Crippen molar-refractivity contribution in [3.8, 4) is 0 Å². The van der Waals surface area contributed by atoms with Crippen molar-refractivity contribution in [3.63, 3.8) is 0 Å². The maximum atomic E-state index is 10.8. The van der Waals surface area contributed by atoms with Gasteiger partial charge >= 0.3 is 17.5 Å². The van der Waals surface area contributed by atoms with Crippen LogP contribution < -0.4 is 5.73 Å². The van der Waals surface area contributed by atoms with Crippen LogP contribution in [-0.2, 0) is 6.54 Å². The molecule has 0 fully saturated rings. The molecule has 19 heavy (non-hydrogen) atoms. The van der Waals surface area contributed by atoms with Crippen molar-refractivity contribution in [2.75, 3.05) is 0 Å². The fraction of sp³-hybridized carbons (Fsp3) is 0.333. The first-order chi connectivity index (χ1) is 8.90. The molecule has 0 atom stereocenters. The molecule has 10 nitrogen and oxygen atoms in total. The van der Waals surface area contributed by atoms with E-state index in [1.807, 2.05) is 0 Å². The van der Waals surface area contributed by atoms with Gasteiger partial charge in [-0.3, -0.25) is 19.6 Å². The molecular weight excluding hydrogens is 256 g/mol. The van der Waals surface area contributed by atoms with Crippen LogP contribution in [0.4, 0.5) is 5.69 Å². The molecule has 0 aliphatic rings. The molecule has 2 rings (SSSR count). The van der Waals surface area contributed by atoms with Crippen molar-refractivity contribution in [1.82, 2.24) is 19.9 Å². The summed E-state index contributed by atoms with van der Waals surface area (Å²) in [5, 5.41) is 18.4. The molecular formula is C9H10N6O4. The van der Waals surface area contributed by atoms with E-state index in [0.29, 0.717) is 11.4 Å². The highest BCUT2D eigenvalue weighted by atomic mass is 16.6. The largest absolute Gasteiger partial charge is 0.361 e. The topological polar surface area (TPSA) is 143 Å². The Morgan fingerprint density at radius 2 is 2.21 bits per heavy atom. The SMILES string of the molecule is Cc1nn(Cc2noc(C(N)=O)n2)c(C)c1[N+](=O)[O-]. The molecule has 0 saturated heterocycles. The molecule has 0 aromatic carbocycles. The summed E-state index contributed by atoms with van der Waals surface area (Å²) in [6.07, 6.45) is 0. The second kappa shape index (κ2) is 4.48. The first kappa shape index (κ1) is 12.7. The number of hydrogen-bond donors (Lipinski definition) is 1. The number of aryl methyl sites for hydroxylation is 1. The van der Waals surface area contributed by atoms with E-state index in [9.17, 15) is 14.9 Å². The number of aromatic nitrogens is 4. The number of rotatable bonds is 4. The van der Waals surface area contributed by atoms with Gasteiger partial charge in [0.15, 0.2) is 5.82 Å². The lowest BCUT2D eigenvalue weighted by molar-refractivity contribution is -0.386. The molecule has 2 N–H and O–H groups in total. The van der Waals surface area contributed by atoms with E-state index in [-0.39, 0.29) is 23.9 Å². The van der Waals surface area contributed by atoms with Crippen LogP contribution in [0.3, 0.4) is 0 Å². The molecule has 0 spiro atoms. The summed E-state index contributed by atoms with van der Waals surface area (Å²) in [5.74, 6) is -0.988. The van der Waals surface area contributed by atoms with Crippen molar-refractivity contribution in [3.05, 3.63) is 33.2 Å². The number of nitrogens with zero attached hydrogens (tertiary/aromatic N) is 5. The average Bonchev–Trinajstić information content (AvgIpc) is 2.85. The highest BCUT2D eigenvalue weighted by molar-refractivity contribution is 5.87. The predicted molar refractivity (Wildman–Crippen MR) is 60.3 cm³/mol. The van der Waals surface area contributed by atoms with Crippen LogP contribution in [0.1, 0.15) is 27.9 Å². The molecule has 10 heteroatoms. The zero-order chi connectivity index (χ0) is 14.2. The quantitative estimate of drug-likeness (QED) is 0.602. The summed E-state index contributed by atoms with van der Waals surface area (Å²) in [7, 11) is 0. The average molecular weight is 266 g/mol. The molecule has 0 aliphatic heterocycles. The lowest BCUT2D eigenvalue weighted by atomic mass is 10.3. The van der Waals surface area contributed by atoms with Gasteiger partial charge < -0.3 is 10.3 Å². The number of carbonyl (C=O) groups excluding carboxylic acids is 1. The molecule has 0 unspecified atom stereocenters. The van der Waals surface area contributed by atoms with Crippen molar-refractivity contribution < 1.29 is 14.2 Å². The van der Waals surface area contributed by atoms with Crippen molar-refractivity contribution in [2.24, 2.45) is 5.73 Å². The van der Waals surface area contributed by atoms with E-state index in [1.165, 1.54) is 11.6 Å². The molecule has 0 bridgehead atoms. The van der Waals surface area contributed by atoms with E-state index in [1.54, 1.807) is 6.92 Å². The fourth-order valence-electron chi connectivity index (χ4n) is 1.66. The van der Waals surface area contributed by atoms with Crippen LogP contribution in [0.25, 0.3) is 0 Å². The van der Waals surface area contributed by atoms with Crippen LogP contribution >= 0.6 is 0 Å². The van der Waals surface area contributed by atoms with Crippen molar-refractivity contribution in [1.29, 1.82) is 0 Å². The highest BCUT2D eigenvalue weighted by Crippen LogP contribution is 2.22. The molecule has 2 aromatic heterocycles. The third kappa shape index (κ3) is 2.27. The van der Waals surface area contributed by atoms with E-state index in [0.717, 1.165) is 0 Å². The summed E-state index contributed by atoms with van der Waals surface area (Å²) < 4.78 is 5.98. The molecule has 1 amide bonds. The fourth-order valence-corrected chi connectivity index (χ4v) is 1.66. The first-order valence-electron chi connectivity index (χ1n) is 5.21. The summed E-state index contributed by atoms with van der Waals surface area (Å²) in [6, 6.07) is 0. The lowest BCUT2D eigenvalue weighted by Gasteiger charge is -1.98. The zero-order valence-corrected chi connectivity index (χ0v) is 10.2. The molecule has 0 saturated carbocycles. The Kier molecular flexibility index (Phi) is 2.99. The molecule has 2 heterocycles. The van der Waals surface area contributed by atoms with Gasteiger partial charge in [-0.2, -0.15) is 10.1 Å². The Hall–Kier alpha value is -2.78. The third-order valence-electron chi connectivity index (χ3n) is 2.50. The monoisotopic (exact) mass is 266 g/mol. The number of carbonyl (C=O) groups is 1. The summed E-state index contributed by atoms with van der Waals surface area (Å²) >= 11 is 0. The Labute approximate surface area is 106 Å². The number of primary amides is 1. The first-order valence-corrected chi connectivity index (χ1v) is 5.21. The molecule has 2 aromatic rings. The van der Waals surface area contributed by atoms with Gasteiger partial charge in [-0.05, 0) is 13.8 Å². The molecule has 0 aliphatic carbocycles. The van der Waals surface area contributed by atoms with E-state index in [4.69, 9.17) is 5.73 Å². The molecule has 0 radical (unpaired) electrons. The van der Waals surface area contributed by atoms with E-state index < -0.39 is 10.8 Å². The smallest absolute Gasteiger partial charge is 0.315 e. The Morgan fingerprint density at radius 3 is 2.68 bits per heavy atom. The number of amides is 1. The minimum Gasteiger partial charge on any atom is -0.361 e. The van der Waals surface area contributed by atoms with Gasteiger partial charge in [0.2, 0.25) is 0 Å². The summed E-state index contributed by atoms with van der Waals surface area (Å²) in [6.45, 7) is 3.15. The normalized spacial score (nSPS) is 10.6. The van der Waals surface area contributed by atoms with Gasteiger partial charge in [-0.25, -0.2) is 0 Å². The van der Waals surface area contributed by atoms with Crippen molar-refractivity contribution >= 4 is 11.6 Å². The standard InChI is InChI=1S/C9H10N6O4/c1-4-7(15(17)18)5(2)14(12-4)3-6-11-9(8(10)16)19-13-6/h3H2,1-2H3,(H2,10,16). The van der Waals surface area contributed by atoms with Gasteiger partial charge in [0.05, 0.1) is 4.92 Å². The summed E-state index contributed by atoms with van der Waals surface area (Å²) in [4.78, 5) is 24.9. The Balaban J connectivity index is 2.31. The van der Waals surface area contributed by atoms with Crippen LogP contribution in [0, 0.1) is 24.0 Å². The van der Waals surface area contributed by atoms with E-state index in [2.05, 4.69) is 19.8 Å². The number of hydrogen-bond acceptors (Lipinski definition) is 7. The third-order valence-corrected chi connectivity index (χ3v) is 2.50. The summed E-state index contributed by atoms with van der Waals surface area (Å²) in [5.41, 5.74) is 5.58. The number of nitro groups is 1. The highest BCUT2D eigenvalue weighted by Gasteiger charge is 2.22. The van der Waals surface area contributed by atoms with Crippen LogP contribution in [0.2, 0.25) is 0 Å². The van der Waals surface area contributed by atoms with Crippen LogP contribution in [0.15, 0.2) is 4.52 Å². The Morgan fingerprint density at radius 1 is 1.53 bits per heavy atom. The van der Waals surface area contributed by atoms with Gasteiger partial charge in [0.1, 0.15) is 17.9 Å². The molecule has 100 valence electrons. The second-order valence-electron chi connectivity index (χ2n) is 3.81. The van der Waals surface area contributed by atoms with Gasteiger partial charge in [-0.15, -0.1) is 0 Å². The van der Waals surface area contributed by atoms with Gasteiger partial charge in [0.25, 0.3) is 0 Å². The van der Waals surface area contributed by atoms with Gasteiger partial charge in [-0.1, -0.05) is 5.16 Å². The Bertz CT molecular complexity index is 658. The predicted octanol–water partition coefficient (Wildman–Crippen LogP) is -0.0617. The van der Waals surface area contributed by atoms with Gasteiger partial charge in [0, 0.05) is 0 Å². The minimum atomic E-state index is -0.835. The minimum absolute atomic E-state index is 0.0529. The van der Waals surface area contributed by atoms with Crippen molar-refractivity contribution in [2.45, 2.75) is 20.4 Å². The maximum Gasteiger partial charge on any atom is 0.315 e. The maximum absolute atomic E-state index is 10.8. The lowest BCUT2D eigenvalue weighted by Crippen LogP contribution is -2.12. The van der Waals surface area contributed by atoms with Crippen LogP contribution in [0.5, 0.6) is 0 Å². The number of nitrogens with two attached hydrogens (primary N) is 1. The second-order valence-corrected chi connectivity index (χ2v) is 3.81.